The van der Waals surface area contributed by atoms with E-state index in [1.165, 1.54) is 7.11 Å². The number of alkyl halides is 4. The van der Waals surface area contributed by atoms with Crippen molar-refractivity contribution in [2.24, 2.45) is 0 Å². The highest BCUT2D eigenvalue weighted by atomic mass is 35.5. The van der Waals surface area contributed by atoms with Gasteiger partial charge in [0.15, 0.2) is 5.75 Å². The average molecular weight is 328 g/mol. The molecule has 9 heteroatoms. The molecule has 1 aromatic rings. The molecule has 0 amide bonds. The summed E-state index contributed by atoms with van der Waals surface area (Å²) in [5, 5.41) is 0. The lowest BCUT2D eigenvalue weighted by molar-refractivity contribution is -0.275. The Balaban J connectivity index is 3.19. The van der Waals surface area contributed by atoms with Crippen molar-refractivity contribution in [2.45, 2.75) is 25.6 Å². The number of aromatic nitrogens is 1. The molecule has 0 saturated carbocycles. The number of ether oxygens (including phenoxy) is 3. The van der Waals surface area contributed by atoms with Crippen LogP contribution in [0.5, 0.6) is 11.6 Å². The van der Waals surface area contributed by atoms with Gasteiger partial charge in [-0.1, -0.05) is 0 Å². The summed E-state index contributed by atoms with van der Waals surface area (Å²) in [6, 6.07) is 1.04. The van der Waals surface area contributed by atoms with Crippen molar-refractivity contribution in [3.05, 3.63) is 17.3 Å². The maximum atomic E-state index is 12.4. The van der Waals surface area contributed by atoms with Crippen LogP contribution in [0.1, 0.15) is 18.2 Å². The predicted octanol–water partition coefficient (Wildman–Crippen LogP) is 2.83. The first-order valence-corrected chi connectivity index (χ1v) is 6.38. The monoisotopic (exact) mass is 327 g/mol. The van der Waals surface area contributed by atoms with Gasteiger partial charge < -0.3 is 14.2 Å². The molecule has 0 atom stereocenters. The number of rotatable bonds is 6. The van der Waals surface area contributed by atoms with Crippen LogP contribution in [-0.4, -0.2) is 31.0 Å². The summed E-state index contributed by atoms with van der Waals surface area (Å²) in [6.45, 7) is 1.68. The molecule has 118 valence electrons. The molecule has 0 bridgehead atoms. The minimum absolute atomic E-state index is 0.0267. The van der Waals surface area contributed by atoms with Crippen molar-refractivity contribution in [1.82, 2.24) is 4.98 Å². The third kappa shape index (κ3) is 5.30. The number of halogens is 4. The fourth-order valence-corrected chi connectivity index (χ4v) is 1.71. The fourth-order valence-electron chi connectivity index (χ4n) is 1.51. The highest BCUT2D eigenvalue weighted by Crippen LogP contribution is 2.31. The molecule has 1 rings (SSSR count). The topological polar surface area (TPSA) is 57.7 Å². The van der Waals surface area contributed by atoms with Crippen molar-refractivity contribution >= 4 is 17.6 Å². The zero-order valence-corrected chi connectivity index (χ0v) is 12.0. The van der Waals surface area contributed by atoms with E-state index in [1.807, 2.05) is 0 Å². The van der Waals surface area contributed by atoms with Gasteiger partial charge in [-0.2, -0.15) is 0 Å². The van der Waals surface area contributed by atoms with E-state index >= 15 is 0 Å². The molecular weight excluding hydrogens is 315 g/mol. The standard InChI is InChI=1S/C12H13ClF3NO4/c1-3-20-10(18)5-8-9(21-12(14,15)16)4-7(6-13)11(17-8)19-2/h4H,3,5-6H2,1-2H3. The van der Waals surface area contributed by atoms with Crippen molar-refractivity contribution in [3.63, 3.8) is 0 Å². The second kappa shape index (κ2) is 7.35. The fraction of sp³-hybridized carbons (Fsp3) is 0.500. The van der Waals surface area contributed by atoms with Gasteiger partial charge >= 0.3 is 12.3 Å². The van der Waals surface area contributed by atoms with Crippen LogP contribution in [-0.2, 0) is 21.8 Å². The molecule has 21 heavy (non-hydrogen) atoms. The second-order valence-corrected chi connectivity index (χ2v) is 4.03. The van der Waals surface area contributed by atoms with Crippen molar-refractivity contribution < 1.29 is 32.2 Å². The predicted molar refractivity (Wildman–Crippen MR) is 67.4 cm³/mol. The van der Waals surface area contributed by atoms with Gasteiger partial charge in [0.1, 0.15) is 0 Å². The lowest BCUT2D eigenvalue weighted by Crippen LogP contribution is -2.20. The number of hydrogen-bond acceptors (Lipinski definition) is 5. The van der Waals surface area contributed by atoms with Crippen molar-refractivity contribution in [3.8, 4) is 11.6 Å². The quantitative estimate of drug-likeness (QED) is 0.594. The molecule has 0 saturated heterocycles. The number of methoxy groups -OCH3 is 1. The Bertz CT molecular complexity index is 508. The van der Waals surface area contributed by atoms with Crippen LogP contribution in [0.15, 0.2) is 6.07 Å². The highest BCUT2D eigenvalue weighted by molar-refractivity contribution is 6.17. The summed E-state index contributed by atoms with van der Waals surface area (Å²) >= 11 is 5.61. The summed E-state index contributed by atoms with van der Waals surface area (Å²) in [7, 11) is 1.29. The molecule has 1 heterocycles. The third-order valence-electron chi connectivity index (χ3n) is 2.28. The van der Waals surface area contributed by atoms with Gasteiger partial charge in [0.2, 0.25) is 5.88 Å². The SMILES string of the molecule is CCOC(=O)Cc1nc(OC)c(CCl)cc1OC(F)(F)F. The van der Waals surface area contributed by atoms with Gasteiger partial charge in [0.05, 0.1) is 31.7 Å². The number of carbonyl (C=O) groups excluding carboxylic acids is 1. The molecule has 0 aliphatic heterocycles. The molecule has 1 aromatic heterocycles. The summed E-state index contributed by atoms with van der Waals surface area (Å²) in [5.41, 5.74) is -0.0254. The molecular formula is C12H13ClF3NO4. The molecule has 5 nitrogen and oxygen atoms in total. The third-order valence-corrected chi connectivity index (χ3v) is 2.57. The molecule has 0 radical (unpaired) electrons. The summed E-state index contributed by atoms with van der Waals surface area (Å²) < 4.78 is 50.7. The normalized spacial score (nSPS) is 11.1. The molecule has 0 aliphatic carbocycles. The number of hydrogen-bond donors (Lipinski definition) is 0. The summed E-state index contributed by atoms with van der Waals surface area (Å²) in [6.07, 6.45) is -5.39. The van der Waals surface area contributed by atoms with E-state index < -0.39 is 24.5 Å². The van der Waals surface area contributed by atoms with E-state index in [4.69, 9.17) is 16.3 Å². The molecule has 0 fully saturated rings. The van der Waals surface area contributed by atoms with E-state index in [9.17, 15) is 18.0 Å². The van der Waals surface area contributed by atoms with Crippen LogP contribution in [0.2, 0.25) is 0 Å². The van der Waals surface area contributed by atoms with Crippen LogP contribution >= 0.6 is 11.6 Å². The van der Waals surface area contributed by atoms with Gasteiger partial charge in [0, 0.05) is 5.56 Å². The van der Waals surface area contributed by atoms with E-state index in [-0.39, 0.29) is 29.6 Å². The van der Waals surface area contributed by atoms with Crippen molar-refractivity contribution in [2.75, 3.05) is 13.7 Å². The Labute approximate surface area is 124 Å². The number of carbonyl (C=O) groups is 1. The largest absolute Gasteiger partial charge is 0.573 e. The average Bonchev–Trinajstić information content (AvgIpc) is 2.38. The zero-order chi connectivity index (χ0) is 16.0. The maximum Gasteiger partial charge on any atom is 0.573 e. The van der Waals surface area contributed by atoms with Gasteiger partial charge in [-0.3, -0.25) is 4.79 Å². The van der Waals surface area contributed by atoms with Crippen LogP contribution in [0, 0.1) is 0 Å². The smallest absolute Gasteiger partial charge is 0.481 e. The van der Waals surface area contributed by atoms with Gasteiger partial charge in [0.25, 0.3) is 0 Å². The molecule has 0 spiro atoms. The van der Waals surface area contributed by atoms with Gasteiger partial charge in [-0.05, 0) is 13.0 Å². The first-order chi connectivity index (χ1) is 9.80. The lowest BCUT2D eigenvalue weighted by Gasteiger charge is -2.15. The number of esters is 1. The van der Waals surface area contributed by atoms with E-state index in [0.717, 1.165) is 6.07 Å². The van der Waals surface area contributed by atoms with Crippen LogP contribution in [0.25, 0.3) is 0 Å². The zero-order valence-electron chi connectivity index (χ0n) is 11.3. The van der Waals surface area contributed by atoms with E-state index in [0.29, 0.717) is 0 Å². The Morgan fingerprint density at radius 1 is 1.43 bits per heavy atom. The minimum atomic E-state index is -4.91. The summed E-state index contributed by atoms with van der Waals surface area (Å²) in [4.78, 5) is 15.3. The van der Waals surface area contributed by atoms with Crippen LogP contribution < -0.4 is 9.47 Å². The Morgan fingerprint density at radius 2 is 2.10 bits per heavy atom. The lowest BCUT2D eigenvalue weighted by atomic mass is 10.2. The second-order valence-electron chi connectivity index (χ2n) is 3.76. The molecule has 0 aliphatic rings. The van der Waals surface area contributed by atoms with Gasteiger partial charge in [-0.15, -0.1) is 24.8 Å². The minimum Gasteiger partial charge on any atom is -0.481 e. The Hall–Kier alpha value is -1.70. The molecule has 0 aromatic carbocycles. The Morgan fingerprint density at radius 3 is 2.57 bits per heavy atom. The number of nitrogens with zero attached hydrogens (tertiary/aromatic N) is 1. The van der Waals surface area contributed by atoms with E-state index in [2.05, 4.69) is 14.5 Å². The number of pyridine rings is 1. The Kier molecular flexibility index (Phi) is 6.07. The molecule has 0 unspecified atom stereocenters. The van der Waals surface area contributed by atoms with Crippen molar-refractivity contribution in [1.29, 1.82) is 0 Å². The van der Waals surface area contributed by atoms with Crippen LogP contribution in [0.4, 0.5) is 13.2 Å². The first kappa shape index (κ1) is 17.4. The first-order valence-electron chi connectivity index (χ1n) is 5.84. The molecule has 0 N–H and O–H groups in total. The maximum absolute atomic E-state index is 12.4. The highest BCUT2D eigenvalue weighted by Gasteiger charge is 2.33. The van der Waals surface area contributed by atoms with Crippen LogP contribution in [0.3, 0.4) is 0 Å². The summed E-state index contributed by atoms with van der Waals surface area (Å²) in [5.74, 6) is -1.42. The van der Waals surface area contributed by atoms with E-state index in [1.54, 1.807) is 6.92 Å². The van der Waals surface area contributed by atoms with Gasteiger partial charge in [-0.25, -0.2) is 4.98 Å².